The van der Waals surface area contributed by atoms with Crippen molar-refractivity contribution in [1.29, 1.82) is 0 Å². The number of aryl methyl sites for hydroxylation is 1. The fourth-order valence-corrected chi connectivity index (χ4v) is 3.93. The van der Waals surface area contributed by atoms with Gasteiger partial charge in [-0.25, -0.2) is 0 Å². The summed E-state index contributed by atoms with van der Waals surface area (Å²) in [5, 5.41) is 1.10. The predicted octanol–water partition coefficient (Wildman–Crippen LogP) is 4.05. The second kappa shape index (κ2) is 6.87. The van der Waals surface area contributed by atoms with Crippen molar-refractivity contribution in [3.05, 3.63) is 65.9 Å². The Bertz CT molecular complexity index is 937. The van der Waals surface area contributed by atoms with Crippen molar-refractivity contribution in [3.8, 4) is 0 Å². The number of fused-ring (bicyclic) bond motifs is 1. The SMILES string of the molecule is CN(Cc1ccccc1N1CCCC1)C(=O)c1cc2ccccc2n1C. The molecule has 4 rings (SSSR count). The first-order valence-corrected chi connectivity index (χ1v) is 9.28. The minimum Gasteiger partial charge on any atom is -0.371 e. The van der Waals surface area contributed by atoms with Crippen LogP contribution in [-0.2, 0) is 13.6 Å². The van der Waals surface area contributed by atoms with E-state index in [1.165, 1.54) is 24.1 Å². The van der Waals surface area contributed by atoms with Crippen molar-refractivity contribution in [2.24, 2.45) is 7.05 Å². The van der Waals surface area contributed by atoms with Crippen LogP contribution < -0.4 is 4.90 Å². The van der Waals surface area contributed by atoms with Crippen molar-refractivity contribution < 1.29 is 4.79 Å². The average molecular weight is 347 g/mol. The maximum atomic E-state index is 13.1. The highest BCUT2D eigenvalue weighted by Gasteiger charge is 2.20. The number of aromatic nitrogens is 1. The van der Waals surface area contributed by atoms with Crippen molar-refractivity contribution in [1.82, 2.24) is 9.47 Å². The van der Waals surface area contributed by atoms with Gasteiger partial charge in [-0.15, -0.1) is 0 Å². The first-order chi connectivity index (χ1) is 12.6. The van der Waals surface area contributed by atoms with E-state index in [4.69, 9.17) is 0 Å². The molecule has 1 fully saturated rings. The molecule has 2 aromatic carbocycles. The van der Waals surface area contributed by atoms with Gasteiger partial charge in [0.2, 0.25) is 0 Å². The van der Waals surface area contributed by atoms with Crippen molar-refractivity contribution in [3.63, 3.8) is 0 Å². The van der Waals surface area contributed by atoms with E-state index >= 15 is 0 Å². The van der Waals surface area contributed by atoms with Gasteiger partial charge in [0.15, 0.2) is 0 Å². The lowest BCUT2D eigenvalue weighted by Crippen LogP contribution is -2.29. The van der Waals surface area contributed by atoms with Crippen LogP contribution >= 0.6 is 0 Å². The summed E-state index contributed by atoms with van der Waals surface area (Å²) in [4.78, 5) is 17.3. The Morgan fingerprint density at radius 2 is 1.73 bits per heavy atom. The van der Waals surface area contributed by atoms with Gasteiger partial charge in [0.05, 0.1) is 0 Å². The molecule has 0 radical (unpaired) electrons. The van der Waals surface area contributed by atoms with E-state index in [0.29, 0.717) is 6.54 Å². The third-order valence-electron chi connectivity index (χ3n) is 5.36. The minimum atomic E-state index is 0.0555. The van der Waals surface area contributed by atoms with Crippen molar-refractivity contribution in [2.45, 2.75) is 19.4 Å². The molecule has 1 aromatic heterocycles. The summed E-state index contributed by atoms with van der Waals surface area (Å²) >= 11 is 0. The van der Waals surface area contributed by atoms with Gasteiger partial charge in [-0.1, -0.05) is 36.4 Å². The summed E-state index contributed by atoms with van der Waals surface area (Å²) in [6, 6.07) is 18.6. The highest BCUT2D eigenvalue weighted by atomic mass is 16.2. The van der Waals surface area contributed by atoms with Gasteiger partial charge in [-0.2, -0.15) is 0 Å². The second-order valence-electron chi connectivity index (χ2n) is 7.13. The summed E-state index contributed by atoms with van der Waals surface area (Å²) in [6.45, 7) is 2.84. The molecule has 0 saturated carbocycles. The van der Waals surface area contributed by atoms with E-state index < -0.39 is 0 Å². The maximum Gasteiger partial charge on any atom is 0.270 e. The lowest BCUT2D eigenvalue weighted by molar-refractivity contribution is 0.0776. The number of hydrogen-bond donors (Lipinski definition) is 0. The van der Waals surface area contributed by atoms with Crippen LogP contribution in [0, 0.1) is 0 Å². The second-order valence-corrected chi connectivity index (χ2v) is 7.13. The number of para-hydroxylation sites is 2. The Morgan fingerprint density at radius 3 is 2.50 bits per heavy atom. The number of carbonyl (C=O) groups excluding carboxylic acids is 1. The standard InChI is InChI=1S/C22H25N3O/c1-23(16-18-10-4-6-12-20(18)25-13-7-8-14-25)22(26)21-15-17-9-3-5-11-19(17)24(21)2/h3-6,9-12,15H,7-8,13-14,16H2,1-2H3. The van der Waals surface area contributed by atoms with E-state index in [1.807, 2.05) is 41.8 Å². The molecular weight excluding hydrogens is 322 g/mol. The fraction of sp³-hybridized carbons (Fsp3) is 0.318. The number of carbonyl (C=O) groups is 1. The third-order valence-corrected chi connectivity index (χ3v) is 5.36. The third kappa shape index (κ3) is 2.96. The van der Waals surface area contributed by atoms with Gasteiger partial charge in [-0.05, 0) is 36.6 Å². The number of nitrogens with zero attached hydrogens (tertiary/aromatic N) is 3. The van der Waals surface area contributed by atoms with Crippen LogP contribution in [0.5, 0.6) is 0 Å². The van der Waals surface area contributed by atoms with E-state index in [2.05, 4.69) is 41.3 Å². The van der Waals surface area contributed by atoms with E-state index in [0.717, 1.165) is 29.7 Å². The first-order valence-electron chi connectivity index (χ1n) is 9.28. The summed E-state index contributed by atoms with van der Waals surface area (Å²) in [7, 11) is 3.85. The molecule has 134 valence electrons. The molecule has 4 heteroatoms. The fourth-order valence-electron chi connectivity index (χ4n) is 3.93. The van der Waals surface area contributed by atoms with Crippen LogP contribution in [0.4, 0.5) is 5.69 Å². The lowest BCUT2D eigenvalue weighted by Gasteiger charge is -2.24. The Morgan fingerprint density at radius 1 is 1.04 bits per heavy atom. The monoisotopic (exact) mass is 347 g/mol. The largest absolute Gasteiger partial charge is 0.371 e. The number of anilines is 1. The molecule has 0 aliphatic carbocycles. The van der Waals surface area contributed by atoms with Crippen LogP contribution in [0.3, 0.4) is 0 Å². The zero-order valence-electron chi connectivity index (χ0n) is 15.5. The number of rotatable bonds is 4. The Labute approximate surface area is 154 Å². The number of benzene rings is 2. The summed E-state index contributed by atoms with van der Waals surface area (Å²) < 4.78 is 1.99. The van der Waals surface area contributed by atoms with Crippen LogP contribution in [-0.4, -0.2) is 35.5 Å². The molecule has 0 bridgehead atoms. The molecule has 0 unspecified atom stereocenters. The summed E-state index contributed by atoms with van der Waals surface area (Å²) in [5.74, 6) is 0.0555. The molecule has 1 saturated heterocycles. The average Bonchev–Trinajstić information content (AvgIpc) is 3.30. The molecule has 26 heavy (non-hydrogen) atoms. The molecule has 0 atom stereocenters. The molecule has 1 aliphatic rings. The van der Waals surface area contributed by atoms with Gasteiger partial charge in [0.25, 0.3) is 5.91 Å². The topological polar surface area (TPSA) is 28.5 Å². The molecule has 2 heterocycles. The molecule has 0 N–H and O–H groups in total. The normalized spacial score (nSPS) is 14.2. The molecule has 1 aliphatic heterocycles. The van der Waals surface area contributed by atoms with E-state index in [1.54, 1.807) is 0 Å². The zero-order chi connectivity index (χ0) is 18.1. The van der Waals surface area contributed by atoms with Gasteiger partial charge >= 0.3 is 0 Å². The molecular formula is C22H25N3O. The molecule has 0 spiro atoms. The maximum absolute atomic E-state index is 13.1. The van der Waals surface area contributed by atoms with E-state index in [9.17, 15) is 4.79 Å². The van der Waals surface area contributed by atoms with Crippen LogP contribution in [0.25, 0.3) is 10.9 Å². The smallest absolute Gasteiger partial charge is 0.270 e. The Hall–Kier alpha value is -2.75. The first kappa shape index (κ1) is 16.7. The zero-order valence-corrected chi connectivity index (χ0v) is 15.5. The van der Waals surface area contributed by atoms with Gasteiger partial charge in [-0.3, -0.25) is 4.79 Å². The quantitative estimate of drug-likeness (QED) is 0.712. The number of amides is 1. The Kier molecular flexibility index (Phi) is 4.41. The Balaban J connectivity index is 1.59. The van der Waals surface area contributed by atoms with E-state index in [-0.39, 0.29) is 5.91 Å². The highest BCUT2D eigenvalue weighted by molar-refractivity contribution is 5.98. The van der Waals surface area contributed by atoms with Gasteiger partial charge < -0.3 is 14.4 Å². The highest BCUT2D eigenvalue weighted by Crippen LogP contribution is 2.26. The van der Waals surface area contributed by atoms with Gasteiger partial charge in [0, 0.05) is 50.3 Å². The molecule has 1 amide bonds. The lowest BCUT2D eigenvalue weighted by atomic mass is 10.1. The van der Waals surface area contributed by atoms with Crippen LogP contribution in [0.2, 0.25) is 0 Å². The van der Waals surface area contributed by atoms with Crippen LogP contribution in [0.15, 0.2) is 54.6 Å². The molecule has 3 aromatic rings. The molecule has 4 nitrogen and oxygen atoms in total. The van der Waals surface area contributed by atoms with Crippen LogP contribution in [0.1, 0.15) is 28.9 Å². The van der Waals surface area contributed by atoms with Gasteiger partial charge in [0.1, 0.15) is 5.69 Å². The predicted molar refractivity (Wildman–Crippen MR) is 107 cm³/mol. The number of hydrogen-bond acceptors (Lipinski definition) is 2. The van der Waals surface area contributed by atoms with Crippen molar-refractivity contribution >= 4 is 22.5 Å². The van der Waals surface area contributed by atoms with Crippen molar-refractivity contribution in [2.75, 3.05) is 25.0 Å². The minimum absolute atomic E-state index is 0.0555. The summed E-state index contributed by atoms with van der Waals surface area (Å²) in [5.41, 5.74) is 4.29. The summed E-state index contributed by atoms with van der Waals surface area (Å²) in [6.07, 6.45) is 2.50.